The SMILES string of the molecule is c1ccc(-n2c3ccccc3c3c4ccccc4n(-c4cnc5nc(-n6c7ccccc7c7c8ccccc8n(-c8ccccc8)c76)cnc5n4)c32)cc1. The van der Waals surface area contributed by atoms with Crippen molar-refractivity contribution < 1.29 is 0 Å². The van der Waals surface area contributed by atoms with Crippen molar-refractivity contribution >= 4 is 77.0 Å². The van der Waals surface area contributed by atoms with E-state index in [-0.39, 0.29) is 0 Å². The van der Waals surface area contributed by atoms with Crippen molar-refractivity contribution in [3.63, 3.8) is 0 Å². The van der Waals surface area contributed by atoms with Crippen LogP contribution in [0.3, 0.4) is 0 Å². The number of hydrogen-bond acceptors (Lipinski definition) is 4. The van der Waals surface area contributed by atoms with Crippen LogP contribution >= 0.6 is 0 Å². The molecule has 0 radical (unpaired) electrons. The van der Waals surface area contributed by atoms with Crippen molar-refractivity contribution in [2.75, 3.05) is 0 Å². The molecule has 12 rings (SSSR count). The molecule has 6 aromatic heterocycles. The Bertz CT molecular complexity index is 3210. The standard InChI is InChI=1S/C46H28N8/c1-3-15-29(16-4-1)51-35-23-11-7-19-31(35)41-33-21-9-13-25-37(33)53(45(41)51)39-27-47-44-43(49-39)48-28-40(50-44)54-38-26-14-10-22-34(38)42-32-20-8-12-24-36(32)52(46(42)54)30-17-5-2-6-18-30/h1-28H. The van der Waals surface area contributed by atoms with Crippen LogP contribution in [0.25, 0.3) is 100.0 Å². The van der Waals surface area contributed by atoms with Crippen LogP contribution in [0.5, 0.6) is 0 Å². The quantitative estimate of drug-likeness (QED) is 0.184. The second kappa shape index (κ2) is 11.0. The Morgan fingerprint density at radius 1 is 0.315 bits per heavy atom. The molecule has 0 spiro atoms. The van der Waals surface area contributed by atoms with E-state index in [1.807, 2.05) is 24.5 Å². The van der Waals surface area contributed by atoms with Crippen molar-refractivity contribution in [1.82, 2.24) is 38.2 Å². The highest BCUT2D eigenvalue weighted by atomic mass is 15.2. The van der Waals surface area contributed by atoms with Crippen LogP contribution in [0.15, 0.2) is 170 Å². The highest BCUT2D eigenvalue weighted by Crippen LogP contribution is 2.42. The molecule has 12 aromatic rings. The lowest BCUT2D eigenvalue weighted by molar-refractivity contribution is 0.982. The fraction of sp³-hybridized carbons (Fsp3) is 0. The maximum Gasteiger partial charge on any atom is 0.199 e. The number of para-hydroxylation sites is 6. The molecule has 6 aromatic carbocycles. The molecule has 6 heterocycles. The lowest BCUT2D eigenvalue weighted by Gasteiger charge is -2.13. The van der Waals surface area contributed by atoms with E-state index in [1.165, 1.54) is 21.5 Å². The minimum Gasteiger partial charge on any atom is -0.295 e. The Kier molecular flexibility index (Phi) is 5.90. The van der Waals surface area contributed by atoms with Gasteiger partial charge in [0.2, 0.25) is 0 Å². The van der Waals surface area contributed by atoms with Gasteiger partial charge in [-0.05, 0) is 48.5 Å². The zero-order chi connectivity index (χ0) is 35.3. The van der Waals surface area contributed by atoms with E-state index >= 15 is 0 Å². The normalized spacial score (nSPS) is 12.1. The van der Waals surface area contributed by atoms with E-state index in [2.05, 4.69) is 164 Å². The molecule has 0 aliphatic carbocycles. The van der Waals surface area contributed by atoms with Gasteiger partial charge in [-0.1, -0.05) is 109 Å². The largest absolute Gasteiger partial charge is 0.295 e. The summed E-state index contributed by atoms with van der Waals surface area (Å²) in [4.78, 5) is 20.3. The maximum absolute atomic E-state index is 5.17. The van der Waals surface area contributed by atoms with Gasteiger partial charge in [0.1, 0.15) is 11.3 Å². The van der Waals surface area contributed by atoms with Crippen LogP contribution in [0.1, 0.15) is 0 Å². The van der Waals surface area contributed by atoms with Gasteiger partial charge in [0, 0.05) is 43.7 Å². The molecule has 0 aliphatic heterocycles. The first-order valence-corrected chi connectivity index (χ1v) is 18.0. The number of aromatic nitrogens is 8. The van der Waals surface area contributed by atoms with E-state index in [9.17, 15) is 0 Å². The molecule has 0 N–H and O–H groups in total. The smallest absolute Gasteiger partial charge is 0.199 e. The van der Waals surface area contributed by atoms with E-state index in [0.717, 1.165) is 55.5 Å². The number of fused-ring (bicyclic) bond motifs is 11. The molecule has 0 aliphatic rings. The Morgan fingerprint density at radius 3 is 1.00 bits per heavy atom. The first-order valence-electron chi connectivity index (χ1n) is 18.0. The van der Waals surface area contributed by atoms with Gasteiger partial charge in [-0.3, -0.25) is 18.3 Å². The first-order chi connectivity index (χ1) is 26.8. The van der Waals surface area contributed by atoms with Gasteiger partial charge in [-0.2, -0.15) is 0 Å². The van der Waals surface area contributed by atoms with Gasteiger partial charge >= 0.3 is 0 Å². The van der Waals surface area contributed by atoms with Crippen LogP contribution < -0.4 is 0 Å². The summed E-state index contributed by atoms with van der Waals surface area (Å²) in [5.74, 6) is 1.35. The minimum atomic E-state index is 0.473. The van der Waals surface area contributed by atoms with Gasteiger partial charge in [-0.25, -0.2) is 19.9 Å². The lowest BCUT2D eigenvalue weighted by atomic mass is 10.1. The van der Waals surface area contributed by atoms with E-state index in [4.69, 9.17) is 19.9 Å². The fourth-order valence-electron chi connectivity index (χ4n) is 8.54. The second-order valence-electron chi connectivity index (χ2n) is 13.6. The highest BCUT2D eigenvalue weighted by Gasteiger charge is 2.25. The number of nitrogens with zero attached hydrogens (tertiary/aromatic N) is 8. The van der Waals surface area contributed by atoms with Crippen LogP contribution in [-0.4, -0.2) is 38.2 Å². The molecule has 54 heavy (non-hydrogen) atoms. The molecule has 8 heteroatoms. The third kappa shape index (κ3) is 3.91. The Labute approximate surface area is 307 Å². The summed E-state index contributed by atoms with van der Waals surface area (Å²) in [6.07, 6.45) is 3.65. The molecule has 0 saturated heterocycles. The molecular formula is C46H28N8. The molecule has 0 atom stereocenters. The Morgan fingerprint density at radius 2 is 0.630 bits per heavy atom. The van der Waals surface area contributed by atoms with Crippen LogP contribution in [-0.2, 0) is 0 Å². The third-order valence-corrected chi connectivity index (χ3v) is 10.7. The zero-order valence-corrected chi connectivity index (χ0v) is 28.7. The predicted octanol–water partition coefficient (Wildman–Crippen LogP) is 10.5. The summed E-state index contributed by atoms with van der Waals surface area (Å²) in [6.45, 7) is 0. The molecule has 0 fully saturated rings. The summed E-state index contributed by atoms with van der Waals surface area (Å²) < 4.78 is 9.06. The number of rotatable bonds is 4. The van der Waals surface area contributed by atoms with Crippen LogP contribution in [0.2, 0.25) is 0 Å². The molecule has 0 unspecified atom stereocenters. The summed E-state index contributed by atoms with van der Waals surface area (Å²) in [5.41, 5.74) is 9.50. The Hall–Kier alpha value is -7.58. The van der Waals surface area contributed by atoms with Crippen molar-refractivity contribution in [2.24, 2.45) is 0 Å². The minimum absolute atomic E-state index is 0.473. The van der Waals surface area contributed by atoms with E-state index in [1.54, 1.807) is 0 Å². The van der Waals surface area contributed by atoms with Crippen molar-refractivity contribution in [2.45, 2.75) is 0 Å². The first kappa shape index (κ1) is 29.0. The molecular weight excluding hydrogens is 665 g/mol. The van der Waals surface area contributed by atoms with Gasteiger partial charge in [0.15, 0.2) is 22.9 Å². The maximum atomic E-state index is 5.17. The molecule has 252 valence electrons. The van der Waals surface area contributed by atoms with Crippen molar-refractivity contribution in [3.05, 3.63) is 170 Å². The summed E-state index contributed by atoms with van der Waals surface area (Å²) in [6, 6.07) is 55.2. The fourth-order valence-corrected chi connectivity index (χ4v) is 8.54. The second-order valence-corrected chi connectivity index (χ2v) is 13.6. The van der Waals surface area contributed by atoms with Crippen LogP contribution in [0.4, 0.5) is 0 Å². The molecule has 0 saturated carbocycles. The van der Waals surface area contributed by atoms with Gasteiger partial charge in [0.25, 0.3) is 0 Å². The zero-order valence-electron chi connectivity index (χ0n) is 28.7. The summed E-state index contributed by atoms with van der Waals surface area (Å²) in [7, 11) is 0. The van der Waals surface area contributed by atoms with E-state index < -0.39 is 0 Å². The van der Waals surface area contributed by atoms with Crippen molar-refractivity contribution in [1.29, 1.82) is 0 Å². The molecule has 0 bridgehead atoms. The average Bonchev–Trinajstić information content (AvgIpc) is 3.96. The molecule has 8 nitrogen and oxygen atoms in total. The molecule has 0 amide bonds. The highest BCUT2D eigenvalue weighted by molar-refractivity contribution is 6.23. The number of hydrogen-bond donors (Lipinski definition) is 0. The predicted molar refractivity (Wildman–Crippen MR) is 217 cm³/mol. The Balaban J connectivity index is 1.11. The number of benzene rings is 6. The van der Waals surface area contributed by atoms with Gasteiger partial charge in [-0.15, -0.1) is 0 Å². The topological polar surface area (TPSA) is 71.3 Å². The van der Waals surface area contributed by atoms with Gasteiger partial charge < -0.3 is 0 Å². The monoisotopic (exact) mass is 692 g/mol. The van der Waals surface area contributed by atoms with Crippen LogP contribution in [0, 0.1) is 0 Å². The van der Waals surface area contributed by atoms with E-state index in [0.29, 0.717) is 22.9 Å². The third-order valence-electron chi connectivity index (χ3n) is 10.7. The van der Waals surface area contributed by atoms with Gasteiger partial charge in [0.05, 0.1) is 34.5 Å². The average molecular weight is 693 g/mol. The summed E-state index contributed by atoms with van der Waals surface area (Å²) in [5, 5.41) is 7.01. The van der Waals surface area contributed by atoms with Crippen molar-refractivity contribution in [3.8, 4) is 23.0 Å². The lowest BCUT2D eigenvalue weighted by Crippen LogP contribution is -2.07. The summed E-state index contributed by atoms with van der Waals surface area (Å²) >= 11 is 0.